The molecule has 0 radical (unpaired) electrons. The Bertz CT molecular complexity index is 581. The molecular formula is C12H10ClN3. The number of halogens is 1. The van der Waals surface area contributed by atoms with Crippen LogP contribution in [-0.4, -0.2) is 14.6 Å². The SMILES string of the molecule is C=C/C=C\C(=C)c1cnc2ccc(Cl)nn12. The Balaban J connectivity index is 2.52. The van der Waals surface area contributed by atoms with Crippen LogP contribution in [0, 0.1) is 0 Å². The topological polar surface area (TPSA) is 30.2 Å². The van der Waals surface area contributed by atoms with Crippen LogP contribution in [-0.2, 0) is 0 Å². The second kappa shape index (κ2) is 4.33. The molecule has 80 valence electrons. The molecule has 2 aromatic heterocycles. The maximum Gasteiger partial charge on any atom is 0.154 e. The average molecular weight is 232 g/mol. The zero-order valence-corrected chi connectivity index (χ0v) is 9.35. The molecule has 0 saturated carbocycles. The Morgan fingerprint density at radius 2 is 2.25 bits per heavy atom. The van der Waals surface area contributed by atoms with E-state index in [1.54, 1.807) is 22.9 Å². The van der Waals surface area contributed by atoms with Gasteiger partial charge >= 0.3 is 0 Å². The summed E-state index contributed by atoms with van der Waals surface area (Å²) in [5.41, 5.74) is 2.37. The predicted octanol–water partition coefficient (Wildman–Crippen LogP) is 3.14. The van der Waals surface area contributed by atoms with E-state index in [9.17, 15) is 0 Å². The largest absolute Gasteiger partial charge is 0.235 e. The van der Waals surface area contributed by atoms with Gasteiger partial charge in [0.25, 0.3) is 0 Å². The summed E-state index contributed by atoms with van der Waals surface area (Å²) in [6.45, 7) is 7.54. The first-order valence-corrected chi connectivity index (χ1v) is 5.09. The van der Waals surface area contributed by atoms with Gasteiger partial charge in [-0.15, -0.1) is 0 Å². The van der Waals surface area contributed by atoms with Crippen molar-refractivity contribution in [3.8, 4) is 0 Å². The van der Waals surface area contributed by atoms with Crippen LogP contribution in [0.1, 0.15) is 5.69 Å². The highest BCUT2D eigenvalue weighted by molar-refractivity contribution is 6.29. The Morgan fingerprint density at radius 3 is 3.00 bits per heavy atom. The van der Waals surface area contributed by atoms with Crippen LogP contribution in [0.5, 0.6) is 0 Å². The lowest BCUT2D eigenvalue weighted by Gasteiger charge is -1.99. The van der Waals surface area contributed by atoms with Crippen LogP contribution in [0.4, 0.5) is 0 Å². The van der Waals surface area contributed by atoms with E-state index in [-0.39, 0.29) is 0 Å². The molecule has 0 aromatic carbocycles. The molecule has 0 amide bonds. The lowest BCUT2D eigenvalue weighted by Crippen LogP contribution is -1.95. The quantitative estimate of drug-likeness (QED) is 0.760. The predicted molar refractivity (Wildman–Crippen MR) is 66.4 cm³/mol. The molecule has 0 saturated heterocycles. The number of fused-ring (bicyclic) bond motifs is 1. The molecule has 4 heteroatoms. The summed E-state index contributed by atoms with van der Waals surface area (Å²) in [5, 5.41) is 4.59. The van der Waals surface area contributed by atoms with Crippen molar-refractivity contribution in [1.29, 1.82) is 0 Å². The van der Waals surface area contributed by atoms with Crippen molar-refractivity contribution in [1.82, 2.24) is 14.6 Å². The molecule has 0 N–H and O–H groups in total. The fourth-order valence-corrected chi connectivity index (χ4v) is 1.48. The molecule has 0 aliphatic heterocycles. The second-order valence-corrected chi connectivity index (χ2v) is 3.58. The number of nitrogens with zero attached hydrogens (tertiary/aromatic N) is 3. The van der Waals surface area contributed by atoms with Gasteiger partial charge in [0.15, 0.2) is 5.65 Å². The number of hydrogen-bond acceptors (Lipinski definition) is 2. The number of allylic oxidation sites excluding steroid dienone is 4. The van der Waals surface area contributed by atoms with Crippen LogP contribution in [0.25, 0.3) is 11.2 Å². The Labute approximate surface area is 98.4 Å². The van der Waals surface area contributed by atoms with E-state index in [0.717, 1.165) is 16.9 Å². The van der Waals surface area contributed by atoms with Gasteiger partial charge in [0.1, 0.15) is 5.15 Å². The van der Waals surface area contributed by atoms with Gasteiger partial charge in [-0.1, -0.05) is 43.0 Å². The van der Waals surface area contributed by atoms with Gasteiger partial charge in [-0.05, 0) is 17.7 Å². The van der Waals surface area contributed by atoms with Gasteiger partial charge in [-0.25, -0.2) is 9.50 Å². The molecule has 0 bridgehead atoms. The van der Waals surface area contributed by atoms with Gasteiger partial charge in [-0.3, -0.25) is 0 Å². The zero-order chi connectivity index (χ0) is 11.5. The summed E-state index contributed by atoms with van der Waals surface area (Å²) in [6.07, 6.45) is 7.06. The van der Waals surface area contributed by atoms with Gasteiger partial charge in [0, 0.05) is 0 Å². The standard InChI is InChI=1S/C12H10ClN3/c1-3-4-5-9(2)10-8-14-12-7-6-11(13)15-16(10)12/h3-8H,1-2H2/b5-4-. The third-order valence-electron chi connectivity index (χ3n) is 2.09. The first kappa shape index (κ1) is 10.6. The molecule has 2 aromatic rings. The van der Waals surface area contributed by atoms with E-state index < -0.39 is 0 Å². The summed E-state index contributed by atoms with van der Waals surface area (Å²) in [7, 11) is 0. The van der Waals surface area contributed by atoms with Gasteiger partial charge in [0.2, 0.25) is 0 Å². The summed E-state index contributed by atoms with van der Waals surface area (Å²) in [6, 6.07) is 3.51. The molecule has 16 heavy (non-hydrogen) atoms. The Morgan fingerprint density at radius 1 is 1.44 bits per heavy atom. The van der Waals surface area contributed by atoms with Crippen molar-refractivity contribution < 1.29 is 0 Å². The van der Waals surface area contributed by atoms with Crippen molar-refractivity contribution in [2.45, 2.75) is 0 Å². The molecule has 0 unspecified atom stereocenters. The number of rotatable bonds is 3. The number of aromatic nitrogens is 3. The average Bonchev–Trinajstić information content (AvgIpc) is 2.68. The molecule has 0 fully saturated rings. The molecular weight excluding hydrogens is 222 g/mol. The highest BCUT2D eigenvalue weighted by Gasteiger charge is 2.05. The lowest BCUT2D eigenvalue weighted by atomic mass is 10.2. The van der Waals surface area contributed by atoms with Gasteiger partial charge in [-0.2, -0.15) is 5.10 Å². The van der Waals surface area contributed by atoms with Crippen molar-refractivity contribution in [2.75, 3.05) is 0 Å². The molecule has 0 aliphatic rings. The van der Waals surface area contributed by atoms with Crippen molar-refractivity contribution in [2.24, 2.45) is 0 Å². The highest BCUT2D eigenvalue weighted by atomic mass is 35.5. The third-order valence-corrected chi connectivity index (χ3v) is 2.29. The molecule has 0 aliphatic carbocycles. The van der Waals surface area contributed by atoms with Crippen LogP contribution in [0.15, 0.2) is 49.7 Å². The molecule has 2 heterocycles. The minimum Gasteiger partial charge on any atom is -0.235 e. The van der Waals surface area contributed by atoms with Crippen molar-refractivity contribution in [3.05, 3.63) is 60.6 Å². The first-order chi connectivity index (χ1) is 7.72. The van der Waals surface area contributed by atoms with E-state index in [4.69, 9.17) is 11.6 Å². The minimum atomic E-state index is 0.423. The van der Waals surface area contributed by atoms with Crippen LogP contribution < -0.4 is 0 Å². The maximum atomic E-state index is 5.83. The van der Waals surface area contributed by atoms with E-state index in [1.807, 2.05) is 18.2 Å². The van der Waals surface area contributed by atoms with E-state index >= 15 is 0 Å². The molecule has 3 nitrogen and oxygen atoms in total. The minimum absolute atomic E-state index is 0.423. The lowest BCUT2D eigenvalue weighted by molar-refractivity contribution is 0.923. The normalized spacial score (nSPS) is 11.1. The number of hydrogen-bond donors (Lipinski definition) is 0. The maximum absolute atomic E-state index is 5.83. The second-order valence-electron chi connectivity index (χ2n) is 3.19. The van der Waals surface area contributed by atoms with Crippen LogP contribution in [0.3, 0.4) is 0 Å². The Hall–Kier alpha value is -1.87. The molecule has 0 atom stereocenters. The summed E-state index contributed by atoms with van der Waals surface area (Å²) < 4.78 is 1.66. The van der Waals surface area contributed by atoms with Crippen molar-refractivity contribution in [3.63, 3.8) is 0 Å². The van der Waals surface area contributed by atoms with Gasteiger partial charge in [0.05, 0.1) is 11.9 Å². The fourth-order valence-electron chi connectivity index (χ4n) is 1.34. The van der Waals surface area contributed by atoms with Crippen LogP contribution >= 0.6 is 11.6 Å². The highest BCUT2D eigenvalue weighted by Crippen LogP contribution is 2.16. The van der Waals surface area contributed by atoms with E-state index in [1.165, 1.54) is 0 Å². The fraction of sp³-hybridized carbons (Fsp3) is 0. The van der Waals surface area contributed by atoms with Crippen molar-refractivity contribution >= 4 is 22.8 Å². The van der Waals surface area contributed by atoms with Crippen LogP contribution in [0.2, 0.25) is 5.15 Å². The first-order valence-electron chi connectivity index (χ1n) is 4.71. The van der Waals surface area contributed by atoms with Gasteiger partial charge < -0.3 is 0 Å². The van der Waals surface area contributed by atoms with E-state index in [0.29, 0.717) is 5.15 Å². The Kier molecular flexibility index (Phi) is 2.88. The summed E-state index contributed by atoms with van der Waals surface area (Å²) in [4.78, 5) is 4.21. The zero-order valence-electron chi connectivity index (χ0n) is 8.60. The molecule has 2 rings (SSSR count). The number of imidazole rings is 1. The van der Waals surface area contributed by atoms with E-state index in [2.05, 4.69) is 23.2 Å². The summed E-state index contributed by atoms with van der Waals surface area (Å²) >= 11 is 5.83. The summed E-state index contributed by atoms with van der Waals surface area (Å²) in [5.74, 6) is 0. The third kappa shape index (κ3) is 1.90. The molecule has 0 spiro atoms. The smallest absolute Gasteiger partial charge is 0.154 e. The monoisotopic (exact) mass is 231 g/mol.